The normalized spacial score (nSPS) is 10.8. The quantitative estimate of drug-likeness (QED) is 0.698. The largest absolute Gasteiger partial charge is 0.508 e. The maximum absolute atomic E-state index is 12.1. The Morgan fingerprint density at radius 2 is 1.64 bits per heavy atom. The van der Waals surface area contributed by atoms with Crippen LogP contribution in [0, 0.1) is 0 Å². The van der Waals surface area contributed by atoms with Crippen LogP contribution in [0.1, 0.15) is 55.8 Å². The third-order valence-corrected chi connectivity index (χ3v) is 3.90. The molecule has 2 rings (SSSR count). The van der Waals surface area contributed by atoms with Crippen LogP contribution in [0.5, 0.6) is 5.75 Å². The molecule has 0 saturated heterocycles. The molecule has 0 aromatic heterocycles. The van der Waals surface area contributed by atoms with Crippen LogP contribution < -0.4 is 5.32 Å². The first-order valence-corrected chi connectivity index (χ1v) is 8.21. The lowest BCUT2D eigenvalue weighted by atomic mass is 10.1. The highest BCUT2D eigenvalue weighted by atomic mass is 16.3. The van der Waals surface area contributed by atoms with Crippen LogP contribution in [-0.4, -0.2) is 17.6 Å². The zero-order chi connectivity index (χ0) is 15.8. The summed E-state index contributed by atoms with van der Waals surface area (Å²) in [5.41, 5.74) is 0.671. The van der Waals surface area contributed by atoms with Gasteiger partial charge in [-0.15, -0.1) is 0 Å². The second kappa shape index (κ2) is 8.42. The molecule has 3 heteroatoms. The van der Waals surface area contributed by atoms with Crippen molar-refractivity contribution in [2.45, 2.75) is 45.4 Å². The molecule has 0 bridgehead atoms. The third kappa shape index (κ3) is 4.76. The molecule has 118 valence electrons. The lowest BCUT2D eigenvalue weighted by Gasteiger charge is -2.07. The topological polar surface area (TPSA) is 49.3 Å². The molecule has 0 saturated carbocycles. The van der Waals surface area contributed by atoms with Gasteiger partial charge in [-0.05, 0) is 41.5 Å². The average molecular weight is 299 g/mol. The first-order chi connectivity index (χ1) is 10.7. The highest BCUT2D eigenvalue weighted by Crippen LogP contribution is 2.21. The van der Waals surface area contributed by atoms with Crippen LogP contribution in [0.2, 0.25) is 0 Å². The van der Waals surface area contributed by atoms with Crippen molar-refractivity contribution in [3.63, 3.8) is 0 Å². The van der Waals surface area contributed by atoms with Crippen molar-refractivity contribution in [3.8, 4) is 5.75 Å². The molecule has 0 heterocycles. The Morgan fingerprint density at radius 3 is 2.45 bits per heavy atom. The second-order valence-corrected chi connectivity index (χ2v) is 5.77. The van der Waals surface area contributed by atoms with E-state index < -0.39 is 0 Å². The first-order valence-electron chi connectivity index (χ1n) is 8.21. The Kier molecular flexibility index (Phi) is 6.26. The summed E-state index contributed by atoms with van der Waals surface area (Å²) in [6.45, 7) is 2.95. The minimum Gasteiger partial charge on any atom is -0.508 e. The number of carbonyl (C=O) groups is 1. The van der Waals surface area contributed by atoms with Crippen LogP contribution in [0.4, 0.5) is 0 Å². The van der Waals surface area contributed by atoms with E-state index in [1.807, 2.05) is 18.2 Å². The molecule has 0 aliphatic carbocycles. The number of hydrogen-bond donors (Lipinski definition) is 2. The number of phenols is 1. The molecule has 2 aromatic carbocycles. The zero-order valence-electron chi connectivity index (χ0n) is 13.3. The van der Waals surface area contributed by atoms with Crippen molar-refractivity contribution in [1.29, 1.82) is 0 Å². The summed E-state index contributed by atoms with van der Waals surface area (Å²) in [6.07, 6.45) is 7.33. The number of hydrogen-bond acceptors (Lipinski definition) is 2. The fourth-order valence-electron chi connectivity index (χ4n) is 2.58. The van der Waals surface area contributed by atoms with E-state index >= 15 is 0 Å². The number of unbranched alkanes of at least 4 members (excludes halogenated alkanes) is 5. The predicted octanol–water partition coefficient (Wildman–Crippen LogP) is 4.64. The van der Waals surface area contributed by atoms with Crippen molar-refractivity contribution < 1.29 is 9.90 Å². The standard InChI is InChI=1S/C19H25NO2/c1-2-3-4-5-6-7-12-20-19(22)17-9-8-16-14-18(21)11-10-15(16)13-17/h8-11,13-14,21H,2-7,12H2,1H3,(H,20,22). The molecule has 0 atom stereocenters. The SMILES string of the molecule is CCCCCCCCNC(=O)c1ccc2cc(O)ccc2c1. The molecule has 0 radical (unpaired) electrons. The van der Waals surface area contributed by atoms with Gasteiger partial charge in [0, 0.05) is 12.1 Å². The van der Waals surface area contributed by atoms with Gasteiger partial charge in [-0.1, -0.05) is 51.2 Å². The Labute approximate surface area is 132 Å². The fraction of sp³-hybridized carbons (Fsp3) is 0.421. The Hall–Kier alpha value is -2.03. The number of phenolic OH excluding ortho intramolecular Hbond substituents is 1. The summed E-state index contributed by atoms with van der Waals surface area (Å²) in [4.78, 5) is 12.1. The minimum absolute atomic E-state index is 0.0245. The van der Waals surface area contributed by atoms with Crippen molar-refractivity contribution >= 4 is 16.7 Å². The number of rotatable bonds is 8. The third-order valence-electron chi connectivity index (χ3n) is 3.90. The Balaban J connectivity index is 1.81. The number of aromatic hydroxyl groups is 1. The molecule has 0 unspecified atom stereocenters. The van der Waals surface area contributed by atoms with Gasteiger partial charge in [-0.25, -0.2) is 0 Å². The maximum atomic E-state index is 12.1. The summed E-state index contributed by atoms with van der Waals surface area (Å²) in [5.74, 6) is 0.219. The lowest BCUT2D eigenvalue weighted by Crippen LogP contribution is -2.24. The second-order valence-electron chi connectivity index (χ2n) is 5.77. The van der Waals surface area contributed by atoms with Crippen LogP contribution in [-0.2, 0) is 0 Å². The van der Waals surface area contributed by atoms with Crippen molar-refractivity contribution in [2.75, 3.05) is 6.54 Å². The van der Waals surface area contributed by atoms with E-state index in [0.29, 0.717) is 5.56 Å². The summed E-state index contributed by atoms with van der Waals surface area (Å²) in [6, 6.07) is 10.7. The molecule has 2 N–H and O–H groups in total. The van der Waals surface area contributed by atoms with E-state index in [1.165, 1.54) is 32.1 Å². The van der Waals surface area contributed by atoms with E-state index in [2.05, 4.69) is 12.2 Å². The number of carbonyl (C=O) groups excluding carboxylic acids is 1. The maximum Gasteiger partial charge on any atom is 0.251 e. The van der Waals surface area contributed by atoms with E-state index in [4.69, 9.17) is 0 Å². The smallest absolute Gasteiger partial charge is 0.251 e. The van der Waals surface area contributed by atoms with Gasteiger partial charge in [-0.3, -0.25) is 4.79 Å². The molecule has 22 heavy (non-hydrogen) atoms. The average Bonchev–Trinajstić information content (AvgIpc) is 2.53. The molecule has 1 amide bonds. The van der Waals surface area contributed by atoms with E-state index in [9.17, 15) is 9.90 Å². The molecule has 2 aromatic rings. The van der Waals surface area contributed by atoms with E-state index in [-0.39, 0.29) is 11.7 Å². The van der Waals surface area contributed by atoms with Crippen LogP contribution in [0.25, 0.3) is 10.8 Å². The number of nitrogens with one attached hydrogen (secondary N) is 1. The van der Waals surface area contributed by atoms with Gasteiger partial charge >= 0.3 is 0 Å². The van der Waals surface area contributed by atoms with Gasteiger partial charge in [0.2, 0.25) is 0 Å². The van der Waals surface area contributed by atoms with E-state index in [0.717, 1.165) is 23.7 Å². The summed E-state index contributed by atoms with van der Waals surface area (Å²) >= 11 is 0. The number of fused-ring (bicyclic) bond motifs is 1. The number of benzene rings is 2. The summed E-state index contributed by atoms with van der Waals surface area (Å²) in [7, 11) is 0. The van der Waals surface area contributed by atoms with Gasteiger partial charge in [0.15, 0.2) is 0 Å². The van der Waals surface area contributed by atoms with Gasteiger partial charge in [-0.2, -0.15) is 0 Å². The zero-order valence-corrected chi connectivity index (χ0v) is 13.3. The Bertz CT molecular complexity index is 622. The molecular formula is C19H25NO2. The highest BCUT2D eigenvalue weighted by molar-refractivity contribution is 5.98. The summed E-state index contributed by atoms with van der Waals surface area (Å²) < 4.78 is 0. The van der Waals surface area contributed by atoms with Gasteiger partial charge in [0.25, 0.3) is 5.91 Å². The molecular weight excluding hydrogens is 274 g/mol. The highest BCUT2D eigenvalue weighted by Gasteiger charge is 2.06. The van der Waals surface area contributed by atoms with Crippen LogP contribution in [0.3, 0.4) is 0 Å². The fourth-order valence-corrected chi connectivity index (χ4v) is 2.58. The molecule has 0 spiro atoms. The van der Waals surface area contributed by atoms with Crippen molar-refractivity contribution in [3.05, 3.63) is 42.0 Å². The van der Waals surface area contributed by atoms with Crippen LogP contribution >= 0.6 is 0 Å². The molecule has 3 nitrogen and oxygen atoms in total. The molecule has 0 fully saturated rings. The molecule has 0 aliphatic rings. The van der Waals surface area contributed by atoms with E-state index in [1.54, 1.807) is 18.2 Å². The van der Waals surface area contributed by atoms with Crippen LogP contribution in [0.15, 0.2) is 36.4 Å². The lowest BCUT2D eigenvalue weighted by molar-refractivity contribution is 0.0953. The van der Waals surface area contributed by atoms with Crippen molar-refractivity contribution in [2.24, 2.45) is 0 Å². The van der Waals surface area contributed by atoms with Crippen molar-refractivity contribution in [1.82, 2.24) is 5.32 Å². The number of amides is 1. The van der Waals surface area contributed by atoms with Gasteiger partial charge < -0.3 is 10.4 Å². The monoisotopic (exact) mass is 299 g/mol. The van der Waals surface area contributed by atoms with Gasteiger partial charge in [0.05, 0.1) is 0 Å². The Morgan fingerprint density at radius 1 is 0.955 bits per heavy atom. The predicted molar refractivity (Wildman–Crippen MR) is 91.3 cm³/mol. The minimum atomic E-state index is -0.0245. The first kappa shape index (κ1) is 16.3. The molecule has 0 aliphatic heterocycles. The van der Waals surface area contributed by atoms with Gasteiger partial charge in [0.1, 0.15) is 5.75 Å². The summed E-state index contributed by atoms with van der Waals surface area (Å²) in [5, 5.41) is 14.3.